The summed E-state index contributed by atoms with van der Waals surface area (Å²) in [4.78, 5) is 13.7. The molecule has 16 heavy (non-hydrogen) atoms. The first kappa shape index (κ1) is 13.5. The smallest absolute Gasteiger partial charge is 0.331 e. The molecule has 5 heteroatoms. The zero-order valence-electron chi connectivity index (χ0n) is 9.91. The maximum absolute atomic E-state index is 11.8. The van der Waals surface area contributed by atoms with Gasteiger partial charge in [0.25, 0.3) is 0 Å². The number of esters is 1. The summed E-state index contributed by atoms with van der Waals surface area (Å²) < 4.78 is 6.12. The summed E-state index contributed by atoms with van der Waals surface area (Å²) in [6, 6.07) is 3.95. The van der Waals surface area contributed by atoms with Gasteiger partial charge in [-0.1, -0.05) is 0 Å². The van der Waals surface area contributed by atoms with Crippen LogP contribution < -0.4 is 4.90 Å². The Bertz CT molecular complexity index is 376. The Kier molecular flexibility index (Phi) is 4.38. The van der Waals surface area contributed by atoms with Crippen LogP contribution in [0.4, 0.5) is 5.00 Å². The van der Waals surface area contributed by atoms with Crippen LogP contribution in [-0.2, 0) is 9.53 Å². The van der Waals surface area contributed by atoms with E-state index in [1.165, 1.54) is 0 Å². The van der Waals surface area contributed by atoms with Crippen LogP contribution >= 0.6 is 27.3 Å². The van der Waals surface area contributed by atoms with Gasteiger partial charge in [-0.15, -0.1) is 11.3 Å². The van der Waals surface area contributed by atoms with Gasteiger partial charge in [0, 0.05) is 7.05 Å². The molecule has 0 aliphatic rings. The first-order chi connectivity index (χ1) is 7.39. The number of thiophene rings is 1. The summed E-state index contributed by atoms with van der Waals surface area (Å²) in [5.41, 5.74) is -0.652. The molecule has 1 aromatic heterocycles. The zero-order chi connectivity index (χ0) is 12.3. The van der Waals surface area contributed by atoms with Gasteiger partial charge in [-0.3, -0.25) is 0 Å². The number of likely N-dealkylation sites (N-methyl/N-ethyl adjacent to an activating group) is 1. The molecule has 0 atom stereocenters. The van der Waals surface area contributed by atoms with E-state index in [1.54, 1.807) is 11.3 Å². The molecular formula is C11H16BrNO2S. The van der Waals surface area contributed by atoms with E-state index in [1.807, 2.05) is 44.9 Å². The van der Waals surface area contributed by atoms with Crippen molar-refractivity contribution in [3.8, 4) is 0 Å². The third kappa shape index (κ3) is 2.77. The third-order valence-electron chi connectivity index (χ3n) is 2.50. The van der Waals surface area contributed by atoms with Gasteiger partial charge in [0.15, 0.2) is 0 Å². The van der Waals surface area contributed by atoms with Crippen molar-refractivity contribution in [2.45, 2.75) is 26.3 Å². The molecule has 0 aromatic carbocycles. The molecule has 90 valence electrons. The van der Waals surface area contributed by atoms with Gasteiger partial charge in [-0.05, 0) is 48.8 Å². The van der Waals surface area contributed by atoms with Crippen LogP contribution in [0.15, 0.2) is 15.9 Å². The van der Waals surface area contributed by atoms with Gasteiger partial charge < -0.3 is 9.64 Å². The summed E-state index contributed by atoms with van der Waals surface area (Å²) >= 11 is 5.00. The molecule has 0 aliphatic heterocycles. The highest BCUT2D eigenvalue weighted by molar-refractivity contribution is 9.11. The van der Waals surface area contributed by atoms with Crippen molar-refractivity contribution < 1.29 is 9.53 Å². The molecule has 0 saturated carbocycles. The highest BCUT2D eigenvalue weighted by atomic mass is 79.9. The average molecular weight is 306 g/mol. The second kappa shape index (κ2) is 5.19. The Labute approximate surface area is 109 Å². The van der Waals surface area contributed by atoms with Crippen molar-refractivity contribution in [1.29, 1.82) is 0 Å². The lowest BCUT2D eigenvalue weighted by Gasteiger charge is -2.33. The van der Waals surface area contributed by atoms with E-state index in [4.69, 9.17) is 4.74 Å². The van der Waals surface area contributed by atoms with Crippen molar-refractivity contribution in [2.75, 3.05) is 18.6 Å². The highest BCUT2D eigenvalue weighted by Gasteiger charge is 2.34. The highest BCUT2D eigenvalue weighted by Crippen LogP contribution is 2.33. The normalized spacial score (nSPS) is 11.3. The van der Waals surface area contributed by atoms with Crippen molar-refractivity contribution in [3.63, 3.8) is 0 Å². The molecule has 1 aromatic rings. The Morgan fingerprint density at radius 3 is 2.62 bits per heavy atom. The third-order valence-corrected chi connectivity index (χ3v) is 4.20. The van der Waals surface area contributed by atoms with Gasteiger partial charge in [0.05, 0.1) is 15.4 Å². The number of hydrogen-bond acceptors (Lipinski definition) is 4. The molecule has 0 fully saturated rings. The largest absolute Gasteiger partial charge is 0.464 e. The molecule has 0 amide bonds. The molecule has 3 nitrogen and oxygen atoms in total. The maximum atomic E-state index is 11.8. The maximum Gasteiger partial charge on any atom is 0.331 e. The van der Waals surface area contributed by atoms with E-state index in [9.17, 15) is 4.79 Å². The number of rotatable bonds is 4. The second-order valence-corrected chi connectivity index (χ2v) is 6.36. The van der Waals surface area contributed by atoms with E-state index in [-0.39, 0.29) is 5.97 Å². The minimum Gasteiger partial charge on any atom is -0.464 e. The molecule has 0 saturated heterocycles. The molecule has 0 aliphatic carbocycles. The Morgan fingerprint density at radius 2 is 2.19 bits per heavy atom. The van der Waals surface area contributed by atoms with E-state index in [2.05, 4.69) is 15.9 Å². The number of carbonyl (C=O) groups is 1. The van der Waals surface area contributed by atoms with Crippen molar-refractivity contribution >= 4 is 38.2 Å². The molecule has 1 rings (SSSR count). The van der Waals surface area contributed by atoms with Gasteiger partial charge in [-0.25, -0.2) is 4.79 Å². The first-order valence-corrected chi connectivity index (χ1v) is 6.67. The zero-order valence-corrected chi connectivity index (χ0v) is 12.3. The van der Waals surface area contributed by atoms with Crippen molar-refractivity contribution in [3.05, 3.63) is 15.9 Å². The quantitative estimate of drug-likeness (QED) is 0.800. The van der Waals surface area contributed by atoms with Crippen LogP contribution in [0.2, 0.25) is 0 Å². The summed E-state index contributed by atoms with van der Waals surface area (Å²) in [5.74, 6) is -0.206. The summed E-state index contributed by atoms with van der Waals surface area (Å²) in [5, 5.41) is 1.03. The van der Waals surface area contributed by atoms with Gasteiger partial charge in [0.2, 0.25) is 0 Å². The van der Waals surface area contributed by atoms with Gasteiger partial charge in [0.1, 0.15) is 5.54 Å². The lowest BCUT2D eigenvalue weighted by Crippen LogP contribution is -2.48. The van der Waals surface area contributed by atoms with Crippen molar-refractivity contribution in [1.82, 2.24) is 0 Å². The van der Waals surface area contributed by atoms with Crippen LogP contribution in [0.1, 0.15) is 20.8 Å². The Balaban J connectivity index is 2.87. The Morgan fingerprint density at radius 1 is 1.56 bits per heavy atom. The molecule has 0 unspecified atom stereocenters. The standard InChI is InChI=1S/C11H16BrNO2S/c1-5-15-10(14)11(2,3)13(4)9-7-6-8(12)16-9/h6-7H,5H2,1-4H3. The molecule has 0 radical (unpaired) electrons. The van der Waals surface area contributed by atoms with Gasteiger partial charge >= 0.3 is 5.97 Å². The monoisotopic (exact) mass is 305 g/mol. The van der Waals surface area contributed by atoms with E-state index < -0.39 is 5.54 Å². The fourth-order valence-electron chi connectivity index (χ4n) is 1.21. The predicted octanol–water partition coefficient (Wildman–Crippen LogP) is 3.29. The van der Waals surface area contributed by atoms with E-state index >= 15 is 0 Å². The summed E-state index contributed by atoms with van der Waals surface area (Å²) in [6.07, 6.45) is 0. The Hall–Kier alpha value is -0.550. The van der Waals surface area contributed by atoms with Crippen molar-refractivity contribution in [2.24, 2.45) is 0 Å². The number of ether oxygens (including phenoxy) is 1. The average Bonchev–Trinajstić information content (AvgIpc) is 2.64. The molecular weight excluding hydrogens is 290 g/mol. The lowest BCUT2D eigenvalue weighted by molar-refractivity contribution is -0.148. The van der Waals surface area contributed by atoms with Gasteiger partial charge in [-0.2, -0.15) is 0 Å². The molecule has 1 heterocycles. The topological polar surface area (TPSA) is 29.5 Å². The van der Waals surface area contributed by atoms with Crippen LogP contribution in [-0.4, -0.2) is 25.2 Å². The summed E-state index contributed by atoms with van der Waals surface area (Å²) in [7, 11) is 1.90. The van der Waals surface area contributed by atoms with Crippen LogP contribution in [0.3, 0.4) is 0 Å². The number of anilines is 1. The first-order valence-electron chi connectivity index (χ1n) is 5.06. The molecule has 0 spiro atoms. The molecule has 0 N–H and O–H groups in total. The number of nitrogens with zero attached hydrogens (tertiary/aromatic N) is 1. The van der Waals surface area contributed by atoms with E-state index in [0.717, 1.165) is 8.79 Å². The second-order valence-electron chi connectivity index (χ2n) is 3.92. The summed E-state index contributed by atoms with van der Waals surface area (Å²) in [6.45, 7) is 5.94. The van der Waals surface area contributed by atoms with Crippen LogP contribution in [0.5, 0.6) is 0 Å². The minimum atomic E-state index is -0.652. The SMILES string of the molecule is CCOC(=O)C(C)(C)N(C)c1ccc(Br)s1. The predicted molar refractivity (Wildman–Crippen MR) is 71.1 cm³/mol. The fourth-order valence-corrected chi connectivity index (χ4v) is 2.67. The van der Waals surface area contributed by atoms with Crippen LogP contribution in [0, 0.1) is 0 Å². The lowest BCUT2D eigenvalue weighted by atomic mass is 10.0. The fraction of sp³-hybridized carbons (Fsp3) is 0.545. The number of halogens is 1. The van der Waals surface area contributed by atoms with E-state index in [0.29, 0.717) is 6.61 Å². The minimum absolute atomic E-state index is 0.206. The van der Waals surface area contributed by atoms with Crippen LogP contribution in [0.25, 0.3) is 0 Å². The number of carbonyl (C=O) groups excluding carboxylic acids is 1. The number of hydrogen-bond donors (Lipinski definition) is 0. The molecule has 0 bridgehead atoms.